The van der Waals surface area contributed by atoms with Crippen LogP contribution in [0.4, 0.5) is 0 Å². The topological polar surface area (TPSA) is 97.3 Å². The van der Waals surface area contributed by atoms with E-state index in [1.807, 2.05) is 20.8 Å². The highest BCUT2D eigenvalue weighted by Gasteiger charge is 2.14. The van der Waals surface area contributed by atoms with Gasteiger partial charge in [0.15, 0.2) is 17.5 Å². The van der Waals surface area contributed by atoms with E-state index in [0.717, 1.165) is 32.3 Å². The van der Waals surface area contributed by atoms with Crippen molar-refractivity contribution >= 4 is 17.5 Å². The van der Waals surface area contributed by atoms with Crippen molar-refractivity contribution in [1.29, 1.82) is 0 Å². The van der Waals surface area contributed by atoms with Gasteiger partial charge in [-0.1, -0.05) is 6.42 Å². The first-order chi connectivity index (χ1) is 14.4. The maximum Gasteiger partial charge on any atom is 0.332 e. The number of rotatable bonds is 10. The van der Waals surface area contributed by atoms with E-state index < -0.39 is 0 Å². The average Bonchev–Trinajstić information content (AvgIpc) is 3.12. The first-order valence-corrected chi connectivity index (χ1v) is 10.2. The summed E-state index contributed by atoms with van der Waals surface area (Å²) in [4.78, 5) is 38.8. The van der Waals surface area contributed by atoms with Crippen LogP contribution in [0.15, 0.2) is 29.1 Å². The Morgan fingerprint density at radius 2 is 1.70 bits per heavy atom. The number of unbranched alkanes of at least 4 members (excludes halogenated alkanes) is 3. The number of aldehydes is 1. The smallest absolute Gasteiger partial charge is 0.332 e. The minimum Gasteiger partial charge on any atom is -0.353 e. The number of fused-ring (bicyclic) bond motifs is 1. The fraction of sp³-hybridized carbons (Fsp3) is 0.619. The summed E-state index contributed by atoms with van der Waals surface area (Å²) in [6.45, 7) is 13.6. The minimum atomic E-state index is -0.350. The van der Waals surface area contributed by atoms with Crippen LogP contribution >= 0.6 is 0 Å². The zero-order valence-corrected chi connectivity index (χ0v) is 18.9. The van der Waals surface area contributed by atoms with E-state index in [4.69, 9.17) is 9.47 Å². The molecule has 170 valence electrons. The Bertz CT molecular complexity index is 863. The van der Waals surface area contributed by atoms with Gasteiger partial charge in [-0.2, -0.15) is 0 Å². The van der Waals surface area contributed by atoms with E-state index in [0.29, 0.717) is 30.6 Å². The highest BCUT2D eigenvalue weighted by atomic mass is 16.7. The lowest BCUT2D eigenvalue weighted by Gasteiger charge is -2.09. The van der Waals surface area contributed by atoms with Gasteiger partial charge in [-0.15, -0.1) is 13.2 Å². The summed E-state index contributed by atoms with van der Waals surface area (Å²) in [5, 5.41) is 0. The highest BCUT2D eigenvalue weighted by molar-refractivity contribution is 5.69. The monoisotopic (exact) mass is 424 g/mol. The van der Waals surface area contributed by atoms with Crippen LogP contribution in [0.3, 0.4) is 0 Å². The quantitative estimate of drug-likeness (QED) is 0.251. The van der Waals surface area contributed by atoms with Gasteiger partial charge in [0.2, 0.25) is 0 Å². The summed E-state index contributed by atoms with van der Waals surface area (Å²) < 4.78 is 14.4. The molecule has 0 saturated heterocycles. The van der Waals surface area contributed by atoms with E-state index in [1.54, 1.807) is 18.7 Å². The summed E-state index contributed by atoms with van der Waals surface area (Å²) in [5.74, 6) is 0. The van der Waals surface area contributed by atoms with Gasteiger partial charge in [0.1, 0.15) is 6.29 Å². The van der Waals surface area contributed by atoms with Crippen molar-refractivity contribution in [2.24, 2.45) is 14.1 Å². The Hall–Kier alpha value is -2.52. The molecule has 0 radical (unpaired) electrons. The lowest BCUT2D eigenvalue weighted by atomic mass is 10.2. The summed E-state index contributed by atoms with van der Waals surface area (Å²) in [6, 6.07) is 0. The number of nitrogens with zero attached hydrogens (tertiary/aromatic N) is 4. The Balaban J connectivity index is 0.000000712. The van der Waals surface area contributed by atoms with Crippen LogP contribution in [-0.4, -0.2) is 44.5 Å². The molecule has 30 heavy (non-hydrogen) atoms. The average molecular weight is 425 g/mol. The highest BCUT2D eigenvalue weighted by Crippen LogP contribution is 2.04. The van der Waals surface area contributed by atoms with Crippen LogP contribution in [0.1, 0.15) is 46.5 Å². The van der Waals surface area contributed by atoms with E-state index in [9.17, 15) is 14.4 Å². The third-order valence-corrected chi connectivity index (χ3v) is 4.21. The summed E-state index contributed by atoms with van der Waals surface area (Å²) in [6.07, 6.45) is 5.20. The summed E-state index contributed by atoms with van der Waals surface area (Å²) in [7, 11) is 3.34. The summed E-state index contributed by atoms with van der Waals surface area (Å²) >= 11 is 0. The van der Waals surface area contributed by atoms with Crippen molar-refractivity contribution in [3.05, 3.63) is 40.3 Å². The predicted molar refractivity (Wildman–Crippen MR) is 119 cm³/mol. The zero-order chi connectivity index (χ0) is 23.1. The van der Waals surface area contributed by atoms with Crippen LogP contribution in [0.5, 0.6) is 0 Å². The van der Waals surface area contributed by atoms with E-state index in [1.165, 1.54) is 15.5 Å². The van der Waals surface area contributed by atoms with Crippen molar-refractivity contribution in [2.75, 3.05) is 13.2 Å². The van der Waals surface area contributed by atoms with Crippen LogP contribution in [0, 0.1) is 0 Å². The Morgan fingerprint density at radius 1 is 1.10 bits per heavy atom. The molecule has 0 atom stereocenters. The maximum absolute atomic E-state index is 12.3. The zero-order valence-electron chi connectivity index (χ0n) is 18.9. The van der Waals surface area contributed by atoms with E-state index >= 15 is 0 Å². The molecule has 9 heteroatoms. The number of imidazole rings is 1. The molecule has 0 aliphatic heterocycles. The van der Waals surface area contributed by atoms with Crippen molar-refractivity contribution in [3.63, 3.8) is 0 Å². The standard InChI is InChI=1S/C13H18N4O3.C6H14O2.C2H4/c1-15-9-14-11-10(15)12(19)17(13(20)16(11)2)7-5-3-4-6-8-18;1-4-7-6(3)8-5-2;1-2/h8-9H,3-7H2,1-2H3;6H,4-5H2,1-3H3;1-2H2. The molecule has 2 heterocycles. The number of aryl methyl sites for hydroxylation is 2. The molecule has 2 aromatic heterocycles. The van der Waals surface area contributed by atoms with Gasteiger partial charge in [0.05, 0.1) is 6.33 Å². The van der Waals surface area contributed by atoms with Crippen LogP contribution in [-0.2, 0) is 34.9 Å². The molecule has 0 bridgehead atoms. The van der Waals surface area contributed by atoms with Gasteiger partial charge in [0.25, 0.3) is 5.56 Å². The number of ether oxygens (including phenoxy) is 2. The molecular formula is C21H36N4O5. The molecule has 0 fully saturated rings. The fourth-order valence-corrected chi connectivity index (χ4v) is 2.79. The second-order valence-corrected chi connectivity index (χ2v) is 6.32. The van der Waals surface area contributed by atoms with Gasteiger partial charge in [-0.05, 0) is 33.6 Å². The number of aromatic nitrogens is 4. The Labute approximate surface area is 177 Å². The predicted octanol–water partition coefficient (Wildman–Crippen LogP) is 2.40. The van der Waals surface area contributed by atoms with Gasteiger partial charge in [0, 0.05) is 40.3 Å². The molecule has 0 saturated carbocycles. The third kappa shape index (κ3) is 8.08. The molecule has 0 aliphatic carbocycles. The molecule has 0 spiro atoms. The van der Waals surface area contributed by atoms with Gasteiger partial charge >= 0.3 is 5.69 Å². The molecule has 0 N–H and O–H groups in total. The summed E-state index contributed by atoms with van der Waals surface area (Å²) in [5.41, 5.74) is 0.176. The molecule has 0 aromatic carbocycles. The molecule has 0 aliphatic rings. The molecule has 9 nitrogen and oxygen atoms in total. The number of carbonyl (C=O) groups excluding carboxylic acids is 1. The second-order valence-electron chi connectivity index (χ2n) is 6.32. The molecule has 2 rings (SSSR count). The molecular weight excluding hydrogens is 388 g/mol. The van der Waals surface area contributed by atoms with Gasteiger partial charge < -0.3 is 18.8 Å². The van der Waals surface area contributed by atoms with Crippen molar-refractivity contribution < 1.29 is 14.3 Å². The second kappa shape index (κ2) is 15.3. The first kappa shape index (κ1) is 27.5. The van der Waals surface area contributed by atoms with E-state index in [-0.39, 0.29) is 17.5 Å². The van der Waals surface area contributed by atoms with Gasteiger partial charge in [-0.3, -0.25) is 13.9 Å². The van der Waals surface area contributed by atoms with Crippen LogP contribution < -0.4 is 11.2 Å². The number of carbonyl (C=O) groups is 1. The largest absolute Gasteiger partial charge is 0.353 e. The van der Waals surface area contributed by atoms with Crippen LogP contribution in [0.25, 0.3) is 11.2 Å². The molecule has 0 unspecified atom stereocenters. The Morgan fingerprint density at radius 3 is 2.23 bits per heavy atom. The lowest BCUT2D eigenvalue weighted by Crippen LogP contribution is -2.39. The third-order valence-electron chi connectivity index (χ3n) is 4.21. The fourth-order valence-electron chi connectivity index (χ4n) is 2.79. The number of hydrogen-bond donors (Lipinski definition) is 0. The SMILES string of the molecule is C=C.CCOC(C)OCC.Cn1cnc2c1c(=O)n(CCCCCC=O)c(=O)n2C. The normalized spacial score (nSPS) is 10.3. The van der Waals surface area contributed by atoms with Crippen molar-refractivity contribution in [2.45, 2.75) is 59.3 Å². The molecule has 0 amide bonds. The van der Waals surface area contributed by atoms with Crippen molar-refractivity contribution in [3.8, 4) is 0 Å². The maximum atomic E-state index is 12.3. The minimum absolute atomic E-state index is 0.0370. The van der Waals surface area contributed by atoms with Crippen molar-refractivity contribution in [1.82, 2.24) is 18.7 Å². The number of hydrogen-bond acceptors (Lipinski definition) is 6. The van der Waals surface area contributed by atoms with Gasteiger partial charge in [-0.25, -0.2) is 9.78 Å². The van der Waals surface area contributed by atoms with Crippen LogP contribution in [0.2, 0.25) is 0 Å². The lowest BCUT2D eigenvalue weighted by molar-refractivity contribution is -0.123. The Kier molecular flexibility index (Phi) is 14.0. The molecule has 2 aromatic rings. The first-order valence-electron chi connectivity index (χ1n) is 10.2. The van der Waals surface area contributed by atoms with E-state index in [2.05, 4.69) is 18.1 Å².